The first-order chi connectivity index (χ1) is 23.5. The zero-order valence-corrected chi connectivity index (χ0v) is 33.8. The fourth-order valence-electron chi connectivity index (χ4n) is 4.06. The van der Waals surface area contributed by atoms with Crippen LogP contribution in [-0.4, -0.2) is 7.05 Å². The summed E-state index contributed by atoms with van der Waals surface area (Å²) < 4.78 is 0. The van der Waals surface area contributed by atoms with E-state index in [9.17, 15) is 0 Å². The summed E-state index contributed by atoms with van der Waals surface area (Å²) >= 11 is 0. The summed E-state index contributed by atoms with van der Waals surface area (Å²) in [7, 11) is 1.50. The highest BCUT2D eigenvalue weighted by Crippen LogP contribution is 2.39. The zero-order valence-electron chi connectivity index (χ0n) is 33.8. The van der Waals surface area contributed by atoms with Gasteiger partial charge in [0, 0.05) is 17.1 Å². The molecule has 0 aliphatic carbocycles. The Morgan fingerprint density at radius 3 is 1.86 bits per heavy atom. The van der Waals surface area contributed by atoms with Crippen molar-refractivity contribution in [1.82, 2.24) is 0 Å². The molecule has 0 bridgehead atoms. The van der Waals surface area contributed by atoms with Crippen molar-refractivity contribution in [1.29, 1.82) is 0 Å². The van der Waals surface area contributed by atoms with E-state index >= 15 is 0 Å². The van der Waals surface area contributed by atoms with Gasteiger partial charge in [-0.05, 0) is 96.0 Å². The van der Waals surface area contributed by atoms with Crippen LogP contribution in [0, 0.1) is 13.8 Å². The van der Waals surface area contributed by atoms with E-state index in [1.54, 1.807) is 12.2 Å². The second-order valence-corrected chi connectivity index (χ2v) is 10.4. The highest BCUT2D eigenvalue weighted by molar-refractivity contribution is 5.65. The van der Waals surface area contributed by atoms with Crippen LogP contribution in [0.2, 0.25) is 0 Å². The minimum Gasteiger partial charge on any atom is -0.399 e. The second-order valence-electron chi connectivity index (χ2n) is 10.4. The van der Waals surface area contributed by atoms with Gasteiger partial charge in [0.25, 0.3) is 0 Å². The molecule has 274 valence electrons. The molecule has 2 aromatic rings. The molecular weight excluding hydrogens is 595 g/mol. The number of rotatable bonds is 11. The lowest BCUT2D eigenvalue weighted by molar-refractivity contribution is 0.581. The summed E-state index contributed by atoms with van der Waals surface area (Å²) in [6.45, 7) is 44.1. The molecule has 0 aliphatic heterocycles. The van der Waals surface area contributed by atoms with Gasteiger partial charge in [0.1, 0.15) is 0 Å². The van der Waals surface area contributed by atoms with E-state index < -0.39 is 5.54 Å². The Morgan fingerprint density at radius 2 is 1.47 bits per heavy atom. The smallest absolute Gasteiger partial charge is 0.0858 e. The lowest BCUT2D eigenvalue weighted by Gasteiger charge is -2.43. The first-order valence-electron chi connectivity index (χ1n) is 17.4. The highest BCUT2D eigenvalue weighted by atomic mass is 15.2. The average molecular weight is 670 g/mol. The van der Waals surface area contributed by atoms with Crippen molar-refractivity contribution in [2.75, 3.05) is 11.9 Å². The molecule has 0 fully saturated rings. The molecule has 0 radical (unpaired) electrons. The predicted octanol–water partition coefficient (Wildman–Crippen LogP) is 13.7. The van der Waals surface area contributed by atoms with E-state index in [2.05, 4.69) is 159 Å². The molecule has 0 saturated heterocycles. The lowest BCUT2D eigenvalue weighted by atomic mass is 9.86. The standard InChI is InChI=1S/C29H34N2.C6H12.C3H8.C3H6.C2H6.C2H4.CH5N/c1-8-10-11-15-27(30)18-19-29(7,26-14-12-13-23(5)20-26)31(22(3)4)28-17-16-25(9-2)21-24(28)6;1-3-5-6-4-2;2*1-3-2;3*1-2/h8-21H,1-3,30H2,4-7H3;3,5H,4,6H2,1-2H3;3H2,1-2H3;3H,1H2,2H3;1-2H3;1-2H2;2H2,1H3/b11-10-,19-18+,27-15-;5-3-;;;;;. The molecule has 2 rings (SSSR count). The van der Waals surface area contributed by atoms with Gasteiger partial charge in [-0.1, -0.05) is 152 Å². The van der Waals surface area contributed by atoms with Gasteiger partial charge in [0.2, 0.25) is 0 Å². The normalized spacial score (nSPS) is 11.0. The maximum Gasteiger partial charge on any atom is 0.0858 e. The number of nitrogens with two attached hydrogens (primary N) is 2. The molecule has 1 atom stereocenters. The molecule has 4 N–H and O–H groups in total. The van der Waals surface area contributed by atoms with Gasteiger partial charge in [-0.15, -0.1) is 19.7 Å². The van der Waals surface area contributed by atoms with Gasteiger partial charge < -0.3 is 16.4 Å². The lowest BCUT2D eigenvalue weighted by Crippen LogP contribution is -2.42. The first-order valence-corrected chi connectivity index (χ1v) is 17.4. The van der Waals surface area contributed by atoms with Crippen LogP contribution in [0.4, 0.5) is 5.69 Å². The third-order valence-electron chi connectivity index (χ3n) is 5.97. The second kappa shape index (κ2) is 38.1. The molecular formula is C46H75N3. The van der Waals surface area contributed by atoms with E-state index in [-0.39, 0.29) is 0 Å². The number of anilines is 1. The van der Waals surface area contributed by atoms with Crippen molar-refractivity contribution in [3.8, 4) is 0 Å². The Bertz CT molecular complexity index is 1240. The molecule has 0 saturated carbocycles. The Morgan fingerprint density at radius 1 is 0.918 bits per heavy atom. The summed E-state index contributed by atoms with van der Waals surface area (Å²) in [5, 5.41) is 0. The van der Waals surface area contributed by atoms with Crippen LogP contribution in [0.1, 0.15) is 104 Å². The number of aryl methyl sites for hydroxylation is 2. The van der Waals surface area contributed by atoms with E-state index in [1.165, 1.54) is 31.9 Å². The third-order valence-corrected chi connectivity index (χ3v) is 5.97. The van der Waals surface area contributed by atoms with Crippen LogP contribution in [0.15, 0.2) is 148 Å². The number of unbranched alkanes of at least 4 members (excludes halogenated alkanes) is 1. The van der Waals surface area contributed by atoms with Crippen LogP contribution < -0.4 is 16.4 Å². The van der Waals surface area contributed by atoms with Crippen LogP contribution in [0.5, 0.6) is 0 Å². The zero-order chi connectivity index (χ0) is 39.3. The van der Waals surface area contributed by atoms with Gasteiger partial charge >= 0.3 is 0 Å². The molecule has 0 amide bonds. The van der Waals surface area contributed by atoms with Gasteiger partial charge in [0.05, 0.1) is 5.54 Å². The summed E-state index contributed by atoms with van der Waals surface area (Å²) in [6, 6.07) is 14.9. The van der Waals surface area contributed by atoms with Crippen molar-refractivity contribution in [2.24, 2.45) is 11.5 Å². The number of hydrogen-bond donors (Lipinski definition) is 2. The highest BCUT2D eigenvalue weighted by Gasteiger charge is 2.33. The predicted molar refractivity (Wildman–Crippen MR) is 232 cm³/mol. The van der Waals surface area contributed by atoms with Crippen molar-refractivity contribution in [3.05, 3.63) is 170 Å². The van der Waals surface area contributed by atoms with Gasteiger partial charge in [-0.3, -0.25) is 0 Å². The summed E-state index contributed by atoms with van der Waals surface area (Å²) in [5.74, 6) is 0. The minimum absolute atomic E-state index is 0.501. The van der Waals surface area contributed by atoms with Crippen molar-refractivity contribution in [2.45, 2.75) is 101 Å². The molecule has 0 aromatic heterocycles. The summed E-state index contributed by atoms with van der Waals surface area (Å²) in [4.78, 5) is 2.27. The van der Waals surface area contributed by atoms with Crippen molar-refractivity contribution >= 4 is 11.8 Å². The SMILES string of the molecule is C/C=C\CCC.C=C.C=CC.C=C\C=C/C=C(N)/C=C/C(C)(c1cccc(C)c1)N(C(=C)C)c1ccc(C=C)cc1C.CC.CCC.CN. The topological polar surface area (TPSA) is 55.3 Å². The Kier molecular flexibility index (Phi) is 42.1. The minimum atomic E-state index is -0.501. The molecule has 0 heterocycles. The van der Waals surface area contributed by atoms with E-state index in [0.717, 1.165) is 28.1 Å². The van der Waals surface area contributed by atoms with E-state index in [4.69, 9.17) is 5.73 Å². The van der Waals surface area contributed by atoms with Crippen LogP contribution in [-0.2, 0) is 5.54 Å². The Hall–Kier alpha value is -4.34. The molecule has 0 aliphatic rings. The molecule has 0 spiro atoms. The van der Waals surface area contributed by atoms with Crippen LogP contribution in [0.25, 0.3) is 6.08 Å². The Labute approximate surface area is 305 Å². The van der Waals surface area contributed by atoms with Gasteiger partial charge in [-0.2, -0.15) is 0 Å². The quantitative estimate of drug-likeness (QED) is 0.185. The maximum absolute atomic E-state index is 6.25. The molecule has 1 unspecified atom stereocenters. The average Bonchev–Trinajstić information content (AvgIpc) is 3.11. The number of allylic oxidation sites excluding steroid dienone is 9. The fourth-order valence-corrected chi connectivity index (χ4v) is 4.06. The molecule has 49 heavy (non-hydrogen) atoms. The van der Waals surface area contributed by atoms with E-state index in [1.807, 2.05) is 58.1 Å². The molecule has 2 aromatic carbocycles. The van der Waals surface area contributed by atoms with Crippen LogP contribution in [0.3, 0.4) is 0 Å². The Balaban J connectivity index is -0.000000300. The van der Waals surface area contributed by atoms with E-state index in [0.29, 0.717) is 5.70 Å². The number of hydrogen-bond acceptors (Lipinski definition) is 3. The largest absolute Gasteiger partial charge is 0.399 e. The van der Waals surface area contributed by atoms with Gasteiger partial charge in [-0.25, -0.2) is 0 Å². The summed E-state index contributed by atoms with van der Waals surface area (Å²) in [5.41, 5.74) is 17.6. The number of nitrogens with zero attached hydrogens (tertiary/aromatic N) is 1. The monoisotopic (exact) mass is 670 g/mol. The molecule has 3 heteroatoms. The van der Waals surface area contributed by atoms with Crippen molar-refractivity contribution < 1.29 is 0 Å². The summed E-state index contributed by atoms with van der Waals surface area (Å²) in [6.07, 6.45) is 23.1. The van der Waals surface area contributed by atoms with Gasteiger partial charge in [0.15, 0.2) is 0 Å². The van der Waals surface area contributed by atoms with Crippen molar-refractivity contribution in [3.63, 3.8) is 0 Å². The maximum atomic E-state index is 6.25. The van der Waals surface area contributed by atoms with Crippen LogP contribution >= 0.6 is 0 Å². The fraction of sp³-hybridized carbons (Fsp3) is 0.348. The third kappa shape index (κ3) is 25.4. The first kappa shape index (κ1) is 54.1. The number of benzene rings is 2. The molecule has 3 nitrogen and oxygen atoms in total.